The molecular formula is C17H10ClF2N3O. The summed E-state index contributed by atoms with van der Waals surface area (Å²) in [6.07, 6.45) is 2.85. The second kappa shape index (κ2) is 6.72. The number of carbonyl (C=O) groups is 1. The Morgan fingerprint density at radius 2 is 1.62 bits per heavy atom. The monoisotopic (exact) mass is 345 g/mol. The minimum atomic E-state index is -1.09. The Bertz CT molecular complexity index is 883. The van der Waals surface area contributed by atoms with E-state index in [-0.39, 0.29) is 5.56 Å². The van der Waals surface area contributed by atoms with E-state index in [1.54, 1.807) is 24.3 Å². The molecule has 0 aliphatic heterocycles. The minimum Gasteiger partial charge on any atom is -0.319 e. The van der Waals surface area contributed by atoms with E-state index in [0.29, 0.717) is 16.5 Å². The third-order valence-corrected chi connectivity index (χ3v) is 3.45. The van der Waals surface area contributed by atoms with Crippen LogP contribution in [0.1, 0.15) is 10.4 Å². The maximum absolute atomic E-state index is 13.2. The lowest BCUT2D eigenvalue weighted by molar-refractivity contribution is 0.102. The topological polar surface area (TPSA) is 54.9 Å². The molecule has 7 heteroatoms. The lowest BCUT2D eigenvalue weighted by Gasteiger charge is -2.06. The molecule has 1 aromatic heterocycles. The van der Waals surface area contributed by atoms with Crippen LogP contribution in [0.25, 0.3) is 11.4 Å². The van der Waals surface area contributed by atoms with E-state index in [2.05, 4.69) is 15.3 Å². The zero-order valence-corrected chi connectivity index (χ0v) is 12.9. The first-order valence-corrected chi connectivity index (χ1v) is 7.25. The maximum atomic E-state index is 13.2. The predicted octanol–water partition coefficient (Wildman–Crippen LogP) is 4.33. The highest BCUT2D eigenvalue weighted by molar-refractivity contribution is 6.30. The van der Waals surface area contributed by atoms with E-state index in [0.717, 1.165) is 17.7 Å². The van der Waals surface area contributed by atoms with Crippen molar-refractivity contribution in [3.05, 3.63) is 77.1 Å². The quantitative estimate of drug-likeness (QED) is 0.768. The van der Waals surface area contributed by atoms with Crippen molar-refractivity contribution in [3.8, 4) is 11.4 Å². The van der Waals surface area contributed by atoms with Gasteiger partial charge in [-0.2, -0.15) is 0 Å². The molecule has 24 heavy (non-hydrogen) atoms. The van der Waals surface area contributed by atoms with Gasteiger partial charge in [-0.3, -0.25) is 4.79 Å². The van der Waals surface area contributed by atoms with Gasteiger partial charge in [0.15, 0.2) is 17.5 Å². The van der Waals surface area contributed by atoms with Crippen molar-refractivity contribution in [2.24, 2.45) is 0 Å². The molecule has 1 amide bonds. The van der Waals surface area contributed by atoms with Gasteiger partial charge >= 0.3 is 0 Å². The van der Waals surface area contributed by atoms with Crippen molar-refractivity contribution < 1.29 is 13.6 Å². The van der Waals surface area contributed by atoms with Gasteiger partial charge in [0, 0.05) is 16.1 Å². The molecule has 0 atom stereocenters. The van der Waals surface area contributed by atoms with Crippen molar-refractivity contribution in [2.45, 2.75) is 0 Å². The predicted molar refractivity (Wildman–Crippen MR) is 86.8 cm³/mol. The Morgan fingerprint density at radius 1 is 0.958 bits per heavy atom. The van der Waals surface area contributed by atoms with Gasteiger partial charge in [0.2, 0.25) is 0 Å². The SMILES string of the molecule is O=C(Nc1cnc(-c2ccc(Cl)cc2)nc1)c1ccc(F)c(F)c1. The second-order valence-electron chi connectivity index (χ2n) is 4.89. The molecule has 0 bridgehead atoms. The number of rotatable bonds is 3. The number of nitrogens with one attached hydrogen (secondary N) is 1. The highest BCUT2D eigenvalue weighted by atomic mass is 35.5. The van der Waals surface area contributed by atoms with Gasteiger partial charge in [-0.25, -0.2) is 18.7 Å². The van der Waals surface area contributed by atoms with E-state index in [1.165, 1.54) is 18.5 Å². The highest BCUT2D eigenvalue weighted by Gasteiger charge is 2.10. The van der Waals surface area contributed by atoms with E-state index in [1.807, 2.05) is 0 Å². The fourth-order valence-corrected chi connectivity index (χ4v) is 2.11. The van der Waals surface area contributed by atoms with E-state index in [4.69, 9.17) is 11.6 Å². The molecule has 0 aliphatic carbocycles. The number of benzene rings is 2. The Hall–Kier alpha value is -2.86. The fourth-order valence-electron chi connectivity index (χ4n) is 1.98. The molecule has 0 radical (unpaired) electrons. The molecule has 4 nitrogen and oxygen atoms in total. The first-order valence-electron chi connectivity index (χ1n) is 6.87. The average molecular weight is 346 g/mol. The Balaban J connectivity index is 1.75. The summed E-state index contributed by atoms with van der Waals surface area (Å²) in [7, 11) is 0. The number of halogens is 3. The van der Waals surface area contributed by atoms with Crippen LogP contribution < -0.4 is 5.32 Å². The van der Waals surface area contributed by atoms with Crippen LogP contribution in [-0.2, 0) is 0 Å². The zero-order valence-electron chi connectivity index (χ0n) is 12.1. The molecule has 0 saturated heterocycles. The average Bonchev–Trinajstić information content (AvgIpc) is 2.59. The van der Waals surface area contributed by atoms with Crippen LogP contribution in [0, 0.1) is 11.6 Å². The van der Waals surface area contributed by atoms with Crippen LogP contribution in [0.15, 0.2) is 54.9 Å². The van der Waals surface area contributed by atoms with Crippen LogP contribution in [0.3, 0.4) is 0 Å². The normalized spacial score (nSPS) is 10.5. The molecule has 2 aromatic carbocycles. The molecule has 1 heterocycles. The number of hydrogen-bond acceptors (Lipinski definition) is 3. The third kappa shape index (κ3) is 3.55. The number of carbonyl (C=O) groups excluding carboxylic acids is 1. The summed E-state index contributed by atoms with van der Waals surface area (Å²) >= 11 is 5.82. The molecule has 0 unspecified atom stereocenters. The molecule has 120 valence electrons. The largest absolute Gasteiger partial charge is 0.319 e. The van der Waals surface area contributed by atoms with Gasteiger partial charge in [-0.05, 0) is 42.5 Å². The summed E-state index contributed by atoms with van der Waals surface area (Å²) in [6.45, 7) is 0. The summed E-state index contributed by atoms with van der Waals surface area (Å²) in [5.41, 5.74) is 1.11. The van der Waals surface area contributed by atoms with Crippen molar-refractivity contribution in [1.82, 2.24) is 9.97 Å². The van der Waals surface area contributed by atoms with Gasteiger partial charge in [0.05, 0.1) is 18.1 Å². The Morgan fingerprint density at radius 3 is 2.25 bits per heavy atom. The summed E-state index contributed by atoms with van der Waals surface area (Å²) in [6, 6.07) is 9.90. The zero-order chi connectivity index (χ0) is 17.1. The van der Waals surface area contributed by atoms with E-state index < -0.39 is 17.5 Å². The van der Waals surface area contributed by atoms with E-state index >= 15 is 0 Å². The fraction of sp³-hybridized carbons (Fsp3) is 0. The molecule has 0 saturated carbocycles. The van der Waals surface area contributed by atoms with Crippen LogP contribution in [0.4, 0.5) is 14.5 Å². The number of aromatic nitrogens is 2. The van der Waals surface area contributed by atoms with Crippen LogP contribution in [0.5, 0.6) is 0 Å². The number of nitrogens with zero attached hydrogens (tertiary/aromatic N) is 2. The van der Waals surface area contributed by atoms with Crippen LogP contribution in [0.2, 0.25) is 5.02 Å². The van der Waals surface area contributed by atoms with Crippen molar-refractivity contribution in [2.75, 3.05) is 5.32 Å². The lowest BCUT2D eigenvalue weighted by atomic mass is 10.2. The molecule has 3 aromatic rings. The van der Waals surface area contributed by atoms with Gasteiger partial charge in [-0.15, -0.1) is 0 Å². The lowest BCUT2D eigenvalue weighted by Crippen LogP contribution is -2.13. The summed E-state index contributed by atoms with van der Waals surface area (Å²) in [5, 5.41) is 3.12. The molecule has 1 N–H and O–H groups in total. The molecule has 3 rings (SSSR count). The van der Waals surface area contributed by atoms with Crippen LogP contribution >= 0.6 is 11.6 Å². The Kier molecular flexibility index (Phi) is 4.48. The second-order valence-corrected chi connectivity index (χ2v) is 5.32. The van der Waals surface area contributed by atoms with Gasteiger partial charge in [0.1, 0.15) is 0 Å². The van der Waals surface area contributed by atoms with E-state index in [9.17, 15) is 13.6 Å². The van der Waals surface area contributed by atoms with Gasteiger partial charge < -0.3 is 5.32 Å². The first kappa shape index (κ1) is 16.0. The van der Waals surface area contributed by atoms with Crippen LogP contribution in [-0.4, -0.2) is 15.9 Å². The third-order valence-electron chi connectivity index (χ3n) is 3.19. The maximum Gasteiger partial charge on any atom is 0.255 e. The molecule has 0 fully saturated rings. The minimum absolute atomic E-state index is 0.00400. The molecule has 0 spiro atoms. The van der Waals surface area contributed by atoms with Crippen molar-refractivity contribution in [3.63, 3.8) is 0 Å². The Labute approximate surface area is 141 Å². The summed E-state index contributed by atoms with van der Waals surface area (Å²) < 4.78 is 26.0. The van der Waals surface area contributed by atoms with Gasteiger partial charge in [-0.1, -0.05) is 11.6 Å². The van der Waals surface area contributed by atoms with Gasteiger partial charge in [0.25, 0.3) is 5.91 Å². The standard InChI is InChI=1S/C17H10ClF2N3O/c18-12-4-1-10(2-5-12)16-21-8-13(9-22-16)23-17(24)11-3-6-14(19)15(20)7-11/h1-9H,(H,23,24). The van der Waals surface area contributed by atoms with Crippen molar-refractivity contribution >= 4 is 23.2 Å². The summed E-state index contributed by atoms with van der Waals surface area (Å²) in [4.78, 5) is 20.3. The smallest absolute Gasteiger partial charge is 0.255 e. The highest BCUT2D eigenvalue weighted by Crippen LogP contribution is 2.19. The molecule has 0 aliphatic rings. The number of hydrogen-bond donors (Lipinski definition) is 1. The number of amides is 1. The molecular weight excluding hydrogens is 336 g/mol. The number of anilines is 1. The first-order chi connectivity index (χ1) is 11.5. The van der Waals surface area contributed by atoms with Crippen molar-refractivity contribution in [1.29, 1.82) is 0 Å². The summed E-state index contributed by atoms with van der Waals surface area (Å²) in [5.74, 6) is -2.21.